The number of hydrogen-bond donors (Lipinski definition) is 1. The van der Waals surface area contributed by atoms with Crippen molar-refractivity contribution in [2.75, 3.05) is 0 Å². The molecule has 0 fully saturated rings. The van der Waals surface area contributed by atoms with Crippen LogP contribution in [-0.4, -0.2) is 21.1 Å². The molecule has 0 bridgehead atoms. The Morgan fingerprint density at radius 2 is 1.67 bits per heavy atom. The third-order valence-corrected chi connectivity index (χ3v) is 4.48. The number of carbonyl (C=O) groups is 1. The second-order valence-corrected chi connectivity index (χ2v) is 6.94. The van der Waals surface area contributed by atoms with Crippen LogP contribution in [-0.2, 0) is 18.4 Å². The van der Waals surface area contributed by atoms with E-state index in [1.807, 2.05) is 69.3 Å². The molecule has 27 heavy (non-hydrogen) atoms. The molecule has 3 rings (SSSR count). The van der Waals surface area contributed by atoms with E-state index in [2.05, 4.69) is 5.32 Å². The molecule has 0 aliphatic heterocycles. The predicted molar refractivity (Wildman–Crippen MR) is 106 cm³/mol. The van der Waals surface area contributed by atoms with E-state index in [0.29, 0.717) is 0 Å². The van der Waals surface area contributed by atoms with E-state index in [9.17, 15) is 9.59 Å². The van der Waals surface area contributed by atoms with Gasteiger partial charge in [-0.25, -0.2) is 4.79 Å². The Bertz CT molecular complexity index is 1000. The van der Waals surface area contributed by atoms with Crippen molar-refractivity contribution in [3.8, 4) is 5.75 Å². The normalized spacial score (nSPS) is 12.3. The largest absolute Gasteiger partial charge is 0.491 e. The molecule has 0 radical (unpaired) electrons. The van der Waals surface area contributed by atoms with Gasteiger partial charge in [0.1, 0.15) is 12.3 Å². The Hall–Kier alpha value is -3.02. The van der Waals surface area contributed by atoms with E-state index < -0.39 is 0 Å². The van der Waals surface area contributed by atoms with Crippen molar-refractivity contribution in [2.45, 2.75) is 39.5 Å². The maximum atomic E-state index is 12.5. The molecule has 0 spiro atoms. The van der Waals surface area contributed by atoms with Gasteiger partial charge in [-0.3, -0.25) is 13.9 Å². The molecule has 1 aromatic heterocycles. The van der Waals surface area contributed by atoms with E-state index in [1.54, 1.807) is 11.6 Å². The average Bonchev–Trinajstić information content (AvgIpc) is 2.87. The molecule has 0 aliphatic carbocycles. The van der Waals surface area contributed by atoms with Crippen LogP contribution in [0.1, 0.15) is 32.4 Å². The fraction of sp³-hybridized carbons (Fsp3) is 0.333. The summed E-state index contributed by atoms with van der Waals surface area (Å²) in [6.07, 6.45) is 0.118. The van der Waals surface area contributed by atoms with Gasteiger partial charge in [0, 0.05) is 7.05 Å². The van der Waals surface area contributed by atoms with Gasteiger partial charge in [-0.15, -0.1) is 0 Å². The summed E-state index contributed by atoms with van der Waals surface area (Å²) in [5.74, 6) is 0.595. The number of aryl methyl sites for hydroxylation is 1. The minimum atomic E-state index is -0.205. The molecule has 0 saturated heterocycles. The number of hydrogen-bond acceptors (Lipinski definition) is 3. The second kappa shape index (κ2) is 7.70. The highest BCUT2D eigenvalue weighted by molar-refractivity contribution is 5.81. The van der Waals surface area contributed by atoms with Gasteiger partial charge in [0.2, 0.25) is 5.91 Å². The first-order chi connectivity index (χ1) is 12.9. The summed E-state index contributed by atoms with van der Waals surface area (Å²) in [6.45, 7) is 5.86. The smallest absolute Gasteiger partial charge is 0.329 e. The zero-order valence-electron chi connectivity index (χ0n) is 16.1. The number of nitrogens with zero attached hydrogens (tertiary/aromatic N) is 2. The maximum absolute atomic E-state index is 12.5. The Kier molecular flexibility index (Phi) is 5.35. The number of nitrogens with one attached hydrogen (secondary N) is 1. The zero-order valence-corrected chi connectivity index (χ0v) is 16.1. The van der Waals surface area contributed by atoms with E-state index in [0.717, 1.165) is 22.3 Å². The standard InChI is InChI=1S/C21H25N3O3/c1-14(2)27-17-11-9-16(10-12-17)15(3)22-20(25)13-24-19-8-6-5-7-18(19)23(4)21(24)26/h5-12,14-15H,13H2,1-4H3,(H,22,25). The quantitative estimate of drug-likeness (QED) is 0.728. The molecular weight excluding hydrogens is 342 g/mol. The molecule has 1 atom stereocenters. The van der Waals surface area contributed by atoms with Crippen molar-refractivity contribution in [3.05, 3.63) is 64.6 Å². The van der Waals surface area contributed by atoms with Crippen molar-refractivity contribution >= 4 is 16.9 Å². The number of rotatable bonds is 6. The number of imidazole rings is 1. The average molecular weight is 367 g/mol. The minimum absolute atomic E-state index is 0.0148. The molecule has 1 heterocycles. The molecule has 1 N–H and O–H groups in total. The molecular formula is C21H25N3O3. The van der Waals surface area contributed by atoms with Crippen molar-refractivity contribution in [2.24, 2.45) is 7.05 Å². The van der Waals surface area contributed by atoms with Crippen LogP contribution in [0, 0.1) is 0 Å². The molecule has 0 saturated carbocycles. The zero-order chi connectivity index (χ0) is 19.6. The molecule has 1 unspecified atom stereocenters. The van der Waals surface area contributed by atoms with Crippen LogP contribution in [0.4, 0.5) is 0 Å². The van der Waals surface area contributed by atoms with E-state index in [1.165, 1.54) is 4.57 Å². The van der Waals surface area contributed by atoms with Crippen molar-refractivity contribution < 1.29 is 9.53 Å². The van der Waals surface area contributed by atoms with Crippen LogP contribution in [0.3, 0.4) is 0 Å². The summed E-state index contributed by atoms with van der Waals surface area (Å²) in [6, 6.07) is 15.0. The van der Waals surface area contributed by atoms with Crippen LogP contribution in [0.15, 0.2) is 53.3 Å². The summed E-state index contributed by atoms with van der Waals surface area (Å²) in [4.78, 5) is 24.9. The van der Waals surface area contributed by atoms with E-state index >= 15 is 0 Å². The molecule has 6 heteroatoms. The fourth-order valence-corrected chi connectivity index (χ4v) is 3.14. The van der Waals surface area contributed by atoms with Crippen LogP contribution in [0.2, 0.25) is 0 Å². The number of para-hydroxylation sites is 2. The number of fused-ring (bicyclic) bond motifs is 1. The number of amides is 1. The first kappa shape index (κ1) is 18.8. The van der Waals surface area contributed by atoms with Gasteiger partial charge < -0.3 is 10.1 Å². The van der Waals surface area contributed by atoms with Crippen molar-refractivity contribution in [1.29, 1.82) is 0 Å². The summed E-state index contributed by atoms with van der Waals surface area (Å²) >= 11 is 0. The highest BCUT2D eigenvalue weighted by Gasteiger charge is 2.15. The first-order valence-corrected chi connectivity index (χ1v) is 9.07. The van der Waals surface area contributed by atoms with Gasteiger partial charge in [0.15, 0.2) is 0 Å². The van der Waals surface area contributed by atoms with Gasteiger partial charge in [0.25, 0.3) is 0 Å². The van der Waals surface area contributed by atoms with Crippen LogP contribution in [0.25, 0.3) is 11.0 Å². The Labute approximate surface area is 158 Å². The van der Waals surface area contributed by atoms with Gasteiger partial charge in [-0.1, -0.05) is 24.3 Å². The SMILES string of the molecule is CC(C)Oc1ccc(C(C)NC(=O)Cn2c(=O)n(C)c3ccccc32)cc1. The lowest BCUT2D eigenvalue weighted by molar-refractivity contribution is -0.122. The van der Waals surface area contributed by atoms with Crippen molar-refractivity contribution in [1.82, 2.24) is 14.5 Å². The molecule has 6 nitrogen and oxygen atoms in total. The van der Waals surface area contributed by atoms with Gasteiger partial charge in [-0.05, 0) is 50.6 Å². The summed E-state index contributed by atoms with van der Waals surface area (Å²) in [7, 11) is 1.71. The Balaban J connectivity index is 1.71. The predicted octanol–water partition coefficient (Wildman–Crippen LogP) is 3.00. The monoisotopic (exact) mass is 367 g/mol. The maximum Gasteiger partial charge on any atom is 0.329 e. The third-order valence-electron chi connectivity index (χ3n) is 4.48. The van der Waals surface area contributed by atoms with E-state index in [4.69, 9.17) is 4.74 Å². The van der Waals surface area contributed by atoms with Crippen LogP contribution < -0.4 is 15.7 Å². The topological polar surface area (TPSA) is 65.3 Å². The molecule has 1 amide bonds. The van der Waals surface area contributed by atoms with Gasteiger partial charge in [-0.2, -0.15) is 0 Å². The summed E-state index contributed by atoms with van der Waals surface area (Å²) in [5, 5.41) is 2.96. The molecule has 2 aromatic carbocycles. The summed E-state index contributed by atoms with van der Waals surface area (Å²) in [5.41, 5.74) is 2.34. The minimum Gasteiger partial charge on any atom is -0.491 e. The Morgan fingerprint density at radius 3 is 2.30 bits per heavy atom. The molecule has 142 valence electrons. The van der Waals surface area contributed by atoms with Gasteiger partial charge >= 0.3 is 5.69 Å². The Morgan fingerprint density at radius 1 is 1.04 bits per heavy atom. The molecule has 3 aromatic rings. The van der Waals surface area contributed by atoms with Crippen LogP contribution in [0.5, 0.6) is 5.75 Å². The highest BCUT2D eigenvalue weighted by atomic mass is 16.5. The number of carbonyl (C=O) groups excluding carboxylic acids is 1. The lowest BCUT2D eigenvalue weighted by atomic mass is 10.1. The third kappa shape index (κ3) is 4.05. The number of benzene rings is 2. The number of ether oxygens (including phenoxy) is 1. The van der Waals surface area contributed by atoms with Crippen molar-refractivity contribution in [3.63, 3.8) is 0 Å². The summed E-state index contributed by atoms with van der Waals surface area (Å²) < 4.78 is 8.69. The lowest BCUT2D eigenvalue weighted by Gasteiger charge is -2.16. The lowest BCUT2D eigenvalue weighted by Crippen LogP contribution is -2.34. The first-order valence-electron chi connectivity index (χ1n) is 9.07. The number of aromatic nitrogens is 2. The van der Waals surface area contributed by atoms with Gasteiger partial charge in [0.05, 0.1) is 23.2 Å². The fourth-order valence-electron chi connectivity index (χ4n) is 3.14. The van der Waals surface area contributed by atoms with E-state index in [-0.39, 0.29) is 30.3 Å². The second-order valence-electron chi connectivity index (χ2n) is 6.94. The molecule has 0 aliphatic rings. The highest BCUT2D eigenvalue weighted by Crippen LogP contribution is 2.19. The van der Waals surface area contributed by atoms with Crippen LogP contribution >= 0.6 is 0 Å².